The van der Waals surface area contributed by atoms with E-state index in [9.17, 15) is 14.9 Å². The Balaban J connectivity index is 1.39. The van der Waals surface area contributed by atoms with E-state index in [1.807, 2.05) is 13.8 Å². The number of aryl methyl sites for hydroxylation is 2. The largest absolute Gasteiger partial charge is 0.458 e. The molecule has 168 valence electrons. The average molecular weight is 464 g/mol. The molecule has 0 bridgehead atoms. The van der Waals surface area contributed by atoms with Crippen LogP contribution in [0.5, 0.6) is 0 Å². The first-order chi connectivity index (χ1) is 15.9. The molecule has 0 aromatic carbocycles. The molecule has 0 aliphatic rings. The smallest absolute Gasteiger partial charge is 0.226 e. The number of nitriles is 1. The van der Waals surface area contributed by atoms with E-state index >= 15 is 0 Å². The Kier molecular flexibility index (Phi) is 6.19. The Hall–Kier alpha value is -4.04. The second kappa shape index (κ2) is 9.22. The summed E-state index contributed by atoms with van der Waals surface area (Å²) in [5.74, 6) is 0.880. The van der Waals surface area contributed by atoms with E-state index in [-0.39, 0.29) is 18.2 Å². The van der Waals surface area contributed by atoms with Crippen molar-refractivity contribution < 1.29 is 14.0 Å². The zero-order valence-electron chi connectivity index (χ0n) is 18.3. The monoisotopic (exact) mass is 463 g/mol. The van der Waals surface area contributed by atoms with Crippen molar-refractivity contribution in [3.63, 3.8) is 0 Å². The second-order valence-corrected chi connectivity index (χ2v) is 8.29. The first-order valence-corrected chi connectivity index (χ1v) is 11.1. The number of furan rings is 1. The molecular formula is C22H21N7O3S. The minimum absolute atomic E-state index is 0.135. The van der Waals surface area contributed by atoms with Crippen molar-refractivity contribution in [2.45, 2.75) is 40.2 Å². The number of thiazole rings is 1. The Morgan fingerprint density at radius 3 is 2.85 bits per heavy atom. The quantitative estimate of drug-likeness (QED) is 0.429. The fourth-order valence-corrected chi connectivity index (χ4v) is 4.15. The molecule has 4 rings (SSSR count). The molecule has 11 heteroatoms. The summed E-state index contributed by atoms with van der Waals surface area (Å²) in [7, 11) is 0. The summed E-state index contributed by atoms with van der Waals surface area (Å²) in [4.78, 5) is 32.5. The maximum absolute atomic E-state index is 12.5. The third-order valence-electron chi connectivity index (χ3n) is 5.11. The van der Waals surface area contributed by atoms with Gasteiger partial charge in [-0.25, -0.2) is 14.5 Å². The van der Waals surface area contributed by atoms with Crippen molar-refractivity contribution in [1.29, 1.82) is 5.26 Å². The van der Waals surface area contributed by atoms with E-state index in [0.717, 1.165) is 17.0 Å². The lowest BCUT2D eigenvalue weighted by molar-refractivity contribution is -0.119. The van der Waals surface area contributed by atoms with Crippen molar-refractivity contribution in [1.82, 2.24) is 24.9 Å². The zero-order valence-corrected chi connectivity index (χ0v) is 19.1. The van der Waals surface area contributed by atoms with E-state index in [1.54, 1.807) is 22.0 Å². The molecule has 10 nitrogen and oxygen atoms in total. The van der Waals surface area contributed by atoms with E-state index < -0.39 is 0 Å². The maximum Gasteiger partial charge on any atom is 0.226 e. The predicted octanol–water partition coefficient (Wildman–Crippen LogP) is 3.14. The van der Waals surface area contributed by atoms with Crippen LogP contribution in [0.3, 0.4) is 0 Å². The Bertz CT molecular complexity index is 1390. The van der Waals surface area contributed by atoms with Crippen LogP contribution in [-0.4, -0.2) is 31.4 Å². The molecule has 4 aromatic rings. The first kappa shape index (κ1) is 22.2. The Morgan fingerprint density at radius 2 is 2.09 bits per heavy atom. The molecule has 33 heavy (non-hydrogen) atoms. The lowest BCUT2D eigenvalue weighted by atomic mass is 10.1. The molecule has 0 saturated carbocycles. The molecule has 2 N–H and O–H groups in total. The highest BCUT2D eigenvalue weighted by molar-refractivity contribution is 7.14. The number of carbonyl (C=O) groups excluding carboxylic acids is 2. The summed E-state index contributed by atoms with van der Waals surface area (Å²) in [5, 5.41) is 21.2. The molecule has 0 radical (unpaired) electrons. The van der Waals surface area contributed by atoms with Crippen LogP contribution in [0.2, 0.25) is 0 Å². The second-order valence-electron chi connectivity index (χ2n) is 7.43. The summed E-state index contributed by atoms with van der Waals surface area (Å²) in [5.41, 5.74) is 4.11. The molecule has 0 spiro atoms. The number of nitrogens with one attached hydrogen (secondary N) is 2. The molecule has 0 unspecified atom stereocenters. The number of aromatic nitrogens is 4. The highest BCUT2D eigenvalue weighted by atomic mass is 32.1. The van der Waals surface area contributed by atoms with Crippen LogP contribution < -0.4 is 10.6 Å². The Morgan fingerprint density at radius 1 is 1.27 bits per heavy atom. The zero-order chi connectivity index (χ0) is 23.5. The molecule has 0 fully saturated rings. The van der Waals surface area contributed by atoms with Crippen LogP contribution in [-0.2, 0) is 22.6 Å². The third-order valence-corrected chi connectivity index (χ3v) is 5.87. The normalized spacial score (nSPS) is 10.8. The minimum atomic E-state index is -0.168. The van der Waals surface area contributed by atoms with Gasteiger partial charge in [0.25, 0.3) is 0 Å². The average Bonchev–Trinajstić information content (AvgIpc) is 3.51. The van der Waals surface area contributed by atoms with Gasteiger partial charge in [-0.15, -0.1) is 11.3 Å². The van der Waals surface area contributed by atoms with Crippen LogP contribution in [0, 0.1) is 25.2 Å². The molecule has 0 saturated heterocycles. The van der Waals surface area contributed by atoms with Crippen molar-refractivity contribution in [2.75, 3.05) is 5.32 Å². The van der Waals surface area contributed by atoms with Gasteiger partial charge in [0, 0.05) is 30.1 Å². The van der Waals surface area contributed by atoms with Gasteiger partial charge in [0.1, 0.15) is 23.1 Å². The lowest BCUT2D eigenvalue weighted by Gasteiger charge is -2.10. The van der Waals surface area contributed by atoms with Crippen molar-refractivity contribution >= 4 is 33.9 Å². The molecule has 4 heterocycles. The van der Waals surface area contributed by atoms with Gasteiger partial charge < -0.3 is 15.1 Å². The number of fused-ring (bicyclic) bond motifs is 1. The highest BCUT2D eigenvalue weighted by Gasteiger charge is 2.16. The molecule has 0 aliphatic heterocycles. The number of hydrogen-bond donors (Lipinski definition) is 2. The molecule has 2 amide bonds. The number of carbonyl (C=O) groups is 2. The van der Waals surface area contributed by atoms with Gasteiger partial charge in [0.2, 0.25) is 11.8 Å². The van der Waals surface area contributed by atoms with Gasteiger partial charge in [-0.05, 0) is 38.0 Å². The molecule has 0 atom stereocenters. The first-order valence-electron chi connectivity index (χ1n) is 10.2. The maximum atomic E-state index is 12.5. The van der Waals surface area contributed by atoms with Gasteiger partial charge in [0.05, 0.1) is 12.7 Å². The summed E-state index contributed by atoms with van der Waals surface area (Å²) < 4.78 is 7.33. The van der Waals surface area contributed by atoms with E-state index in [4.69, 9.17) is 4.42 Å². The number of nitrogens with zero attached hydrogens (tertiary/aromatic N) is 5. The number of rotatable bonds is 7. The van der Waals surface area contributed by atoms with Crippen molar-refractivity contribution in [3.8, 4) is 17.5 Å². The van der Waals surface area contributed by atoms with Crippen LogP contribution in [0.25, 0.3) is 17.1 Å². The Labute approximate surface area is 193 Å². The SMILES string of the molecule is CC(=O)NCc1ccc(-c2csc(NC(=O)CCc3c(C)nc4c(C#N)cnn4c3C)n2)o1. The molecular weight excluding hydrogens is 442 g/mol. The minimum Gasteiger partial charge on any atom is -0.458 e. The molecule has 0 aliphatic carbocycles. The lowest BCUT2D eigenvalue weighted by Crippen LogP contribution is -2.18. The predicted molar refractivity (Wildman–Crippen MR) is 121 cm³/mol. The van der Waals surface area contributed by atoms with Crippen LogP contribution in [0.4, 0.5) is 5.13 Å². The van der Waals surface area contributed by atoms with Crippen LogP contribution >= 0.6 is 11.3 Å². The van der Waals surface area contributed by atoms with E-state index in [2.05, 4.69) is 31.8 Å². The number of anilines is 1. The summed E-state index contributed by atoms with van der Waals surface area (Å²) in [6, 6.07) is 5.64. The standard InChI is InChI=1S/C22H21N7O3S/c1-12-17(13(2)29-21(26-12)15(8-23)9-25-29)5-7-20(31)28-22-27-18(11-33-22)19-6-4-16(32-19)10-24-14(3)30/h4,6,9,11H,5,7,10H2,1-3H3,(H,24,30)(H,27,28,31). The fourth-order valence-electron chi connectivity index (χ4n) is 3.44. The van der Waals surface area contributed by atoms with Gasteiger partial charge in [-0.1, -0.05) is 0 Å². The van der Waals surface area contributed by atoms with Crippen molar-refractivity contribution in [3.05, 3.63) is 52.0 Å². The van der Waals surface area contributed by atoms with Gasteiger partial charge in [-0.3, -0.25) is 9.59 Å². The summed E-state index contributed by atoms with van der Waals surface area (Å²) in [6.45, 7) is 5.52. The summed E-state index contributed by atoms with van der Waals surface area (Å²) >= 11 is 1.31. The van der Waals surface area contributed by atoms with Gasteiger partial charge in [-0.2, -0.15) is 10.4 Å². The van der Waals surface area contributed by atoms with E-state index in [0.29, 0.717) is 46.5 Å². The summed E-state index contributed by atoms with van der Waals surface area (Å²) in [6.07, 6.45) is 2.22. The topological polar surface area (TPSA) is 138 Å². The van der Waals surface area contributed by atoms with Gasteiger partial charge >= 0.3 is 0 Å². The van der Waals surface area contributed by atoms with Gasteiger partial charge in [0.15, 0.2) is 16.5 Å². The van der Waals surface area contributed by atoms with Crippen LogP contribution in [0.1, 0.15) is 41.6 Å². The fraction of sp³-hybridized carbons (Fsp3) is 0.273. The van der Waals surface area contributed by atoms with E-state index in [1.165, 1.54) is 24.5 Å². The third kappa shape index (κ3) is 4.75. The van der Waals surface area contributed by atoms with Crippen LogP contribution in [0.15, 0.2) is 28.1 Å². The van der Waals surface area contributed by atoms with Crippen molar-refractivity contribution in [2.24, 2.45) is 0 Å². The highest BCUT2D eigenvalue weighted by Crippen LogP contribution is 2.27. The number of amides is 2. The number of hydrogen-bond acceptors (Lipinski definition) is 8. The molecule has 4 aromatic heterocycles.